The van der Waals surface area contributed by atoms with E-state index in [1.165, 1.54) is 4.57 Å². The molecule has 2 aromatic heterocycles. The molecule has 5 nitrogen and oxygen atoms in total. The third-order valence-electron chi connectivity index (χ3n) is 1.91. The molecule has 0 aliphatic heterocycles. The summed E-state index contributed by atoms with van der Waals surface area (Å²) in [6, 6.07) is 5.36. The highest BCUT2D eigenvalue weighted by Gasteiger charge is 2.13. The fraction of sp³-hybridized carbons (Fsp3) is 0.100. The van der Waals surface area contributed by atoms with Gasteiger partial charge in [-0.15, -0.1) is 0 Å². The molecule has 2 aromatic rings. The smallest absolute Gasteiger partial charge is 0.295 e. The van der Waals surface area contributed by atoms with Crippen LogP contribution in [-0.4, -0.2) is 14.7 Å². The first-order valence-corrected chi connectivity index (χ1v) is 5.29. The lowest BCUT2D eigenvalue weighted by atomic mass is 10.3. The summed E-state index contributed by atoms with van der Waals surface area (Å²) < 4.78 is 6.63. The van der Waals surface area contributed by atoms with Gasteiger partial charge in [0.1, 0.15) is 5.69 Å². The van der Waals surface area contributed by atoms with E-state index >= 15 is 0 Å². The van der Waals surface area contributed by atoms with E-state index in [2.05, 4.69) is 37.2 Å². The molecular weight excluding hydrogens is 274 g/mol. The topological polar surface area (TPSA) is 60.9 Å². The van der Waals surface area contributed by atoms with E-state index in [0.717, 1.165) is 0 Å². The van der Waals surface area contributed by atoms with Gasteiger partial charge < -0.3 is 0 Å². The molecule has 0 aliphatic rings. The summed E-state index contributed by atoms with van der Waals surface area (Å²) in [7, 11) is 0. The summed E-state index contributed by atoms with van der Waals surface area (Å²) in [6.07, 6.45) is 1.63. The van der Waals surface area contributed by atoms with Crippen LogP contribution in [0.2, 0.25) is 0 Å². The highest BCUT2D eigenvalue weighted by atomic mass is 79.9. The number of halogens is 1. The Labute approximate surface area is 99.5 Å². The van der Waals surface area contributed by atoms with Gasteiger partial charge in [-0.3, -0.25) is 14.1 Å². The van der Waals surface area contributed by atoms with Crippen molar-refractivity contribution in [3.8, 4) is 11.5 Å². The van der Waals surface area contributed by atoms with Gasteiger partial charge in [0, 0.05) is 10.7 Å². The van der Waals surface area contributed by atoms with Crippen LogP contribution in [0.1, 0.15) is 0 Å². The summed E-state index contributed by atoms with van der Waals surface area (Å²) in [6.45, 7) is 3.97. The van der Waals surface area contributed by atoms with Crippen molar-refractivity contribution in [2.45, 2.75) is 6.54 Å². The van der Waals surface area contributed by atoms with Gasteiger partial charge in [-0.2, -0.15) is 0 Å². The van der Waals surface area contributed by atoms with Crippen molar-refractivity contribution >= 4 is 15.9 Å². The molecule has 0 atom stereocenters. The monoisotopic (exact) mass is 281 g/mol. The summed E-state index contributed by atoms with van der Waals surface area (Å²) in [4.78, 5) is 15.5. The number of hydrogen-bond acceptors (Lipinski definition) is 4. The van der Waals surface area contributed by atoms with Crippen molar-refractivity contribution in [3.05, 3.63) is 46.0 Å². The van der Waals surface area contributed by atoms with Gasteiger partial charge in [-0.1, -0.05) is 33.7 Å². The fourth-order valence-electron chi connectivity index (χ4n) is 1.26. The summed E-state index contributed by atoms with van der Waals surface area (Å²) >= 11 is 3.19. The lowest BCUT2D eigenvalue weighted by molar-refractivity contribution is 0.378. The molecule has 0 amide bonds. The van der Waals surface area contributed by atoms with Crippen molar-refractivity contribution in [2.75, 3.05) is 0 Å². The molecule has 6 heteroatoms. The molecule has 0 spiro atoms. The van der Waals surface area contributed by atoms with Crippen LogP contribution in [0.25, 0.3) is 11.5 Å². The largest absolute Gasteiger partial charge is 0.442 e. The van der Waals surface area contributed by atoms with E-state index in [1.54, 1.807) is 18.3 Å². The minimum atomic E-state index is -0.527. The number of aromatic nitrogens is 3. The van der Waals surface area contributed by atoms with Gasteiger partial charge in [-0.25, -0.2) is 4.79 Å². The average Bonchev–Trinajstić information content (AvgIpc) is 2.61. The number of rotatable bonds is 3. The summed E-state index contributed by atoms with van der Waals surface area (Å²) in [5, 5.41) is 3.69. The van der Waals surface area contributed by atoms with Crippen molar-refractivity contribution in [2.24, 2.45) is 0 Å². The van der Waals surface area contributed by atoms with Crippen LogP contribution >= 0.6 is 15.9 Å². The molecule has 82 valence electrons. The van der Waals surface area contributed by atoms with E-state index in [1.807, 2.05) is 6.07 Å². The molecule has 0 unspecified atom stereocenters. The van der Waals surface area contributed by atoms with E-state index in [-0.39, 0.29) is 0 Å². The Morgan fingerprint density at radius 3 is 3.00 bits per heavy atom. The molecular formula is C10H8BrN3O2. The second-order valence-electron chi connectivity index (χ2n) is 3.09. The Morgan fingerprint density at radius 1 is 1.56 bits per heavy atom. The maximum atomic E-state index is 11.4. The molecule has 0 N–H and O–H groups in total. The number of allylic oxidation sites excluding steroid dienone is 1. The molecule has 2 rings (SSSR count). The van der Waals surface area contributed by atoms with Gasteiger partial charge in [0.15, 0.2) is 0 Å². The Kier molecular flexibility index (Phi) is 3.00. The third kappa shape index (κ3) is 2.11. The quantitative estimate of drug-likeness (QED) is 0.861. The van der Waals surface area contributed by atoms with Crippen LogP contribution in [0.15, 0.2) is 44.8 Å². The molecule has 2 heterocycles. The third-order valence-corrected chi connectivity index (χ3v) is 2.16. The second-order valence-corrected chi connectivity index (χ2v) is 4.21. The lowest BCUT2D eigenvalue weighted by Gasteiger charge is -2.01. The zero-order chi connectivity index (χ0) is 11.5. The first kappa shape index (κ1) is 10.8. The highest BCUT2D eigenvalue weighted by molar-refractivity contribution is 9.11. The van der Waals surface area contributed by atoms with Crippen molar-refractivity contribution in [1.29, 1.82) is 0 Å². The zero-order valence-electron chi connectivity index (χ0n) is 8.26. The van der Waals surface area contributed by atoms with Crippen LogP contribution in [-0.2, 0) is 6.54 Å². The van der Waals surface area contributed by atoms with Crippen LogP contribution < -0.4 is 5.76 Å². The number of pyridine rings is 1. The maximum Gasteiger partial charge on any atom is 0.442 e. The van der Waals surface area contributed by atoms with Crippen molar-refractivity contribution in [1.82, 2.24) is 14.7 Å². The molecule has 0 saturated carbocycles. The molecule has 0 fully saturated rings. The molecule has 0 saturated heterocycles. The first-order chi connectivity index (χ1) is 7.68. The average molecular weight is 282 g/mol. The molecule has 0 aliphatic carbocycles. The van der Waals surface area contributed by atoms with Crippen molar-refractivity contribution in [3.63, 3.8) is 0 Å². The second kappa shape index (κ2) is 4.44. The predicted octanol–water partition coefficient (Wildman–Crippen LogP) is 1.81. The van der Waals surface area contributed by atoms with Crippen LogP contribution in [0, 0.1) is 0 Å². The number of hydrogen-bond donors (Lipinski definition) is 0. The van der Waals surface area contributed by atoms with Crippen LogP contribution in [0.4, 0.5) is 0 Å². The Hall–Kier alpha value is -1.69. The van der Waals surface area contributed by atoms with E-state index in [9.17, 15) is 4.79 Å². The fourth-order valence-corrected chi connectivity index (χ4v) is 1.51. The van der Waals surface area contributed by atoms with Gasteiger partial charge in [0.2, 0.25) is 5.82 Å². The SMILES string of the molecule is C=C(Br)Cn1c(-c2ccccn2)noc1=O. The standard InChI is InChI=1S/C10H8BrN3O2/c1-7(11)6-14-9(13-16-10(14)15)8-4-2-3-5-12-8/h2-5H,1,6H2. The molecule has 0 bridgehead atoms. The van der Waals surface area contributed by atoms with E-state index in [4.69, 9.17) is 0 Å². The minimum Gasteiger partial charge on any atom is -0.295 e. The number of nitrogens with zero attached hydrogens (tertiary/aromatic N) is 3. The molecule has 0 aromatic carbocycles. The van der Waals surface area contributed by atoms with E-state index in [0.29, 0.717) is 22.5 Å². The summed E-state index contributed by atoms with van der Waals surface area (Å²) in [5.41, 5.74) is 0.585. The first-order valence-electron chi connectivity index (χ1n) is 4.49. The van der Waals surface area contributed by atoms with Crippen LogP contribution in [0.5, 0.6) is 0 Å². The lowest BCUT2D eigenvalue weighted by Crippen LogP contribution is -2.15. The van der Waals surface area contributed by atoms with E-state index < -0.39 is 5.76 Å². The Bertz CT molecular complexity index is 559. The Balaban J connectivity index is 2.50. The zero-order valence-corrected chi connectivity index (χ0v) is 9.85. The van der Waals surface area contributed by atoms with Gasteiger partial charge in [-0.05, 0) is 12.1 Å². The Morgan fingerprint density at radius 2 is 2.38 bits per heavy atom. The molecule has 16 heavy (non-hydrogen) atoms. The van der Waals surface area contributed by atoms with Gasteiger partial charge in [0.25, 0.3) is 0 Å². The van der Waals surface area contributed by atoms with Gasteiger partial charge in [0.05, 0.1) is 6.54 Å². The minimum absolute atomic E-state index is 0.300. The van der Waals surface area contributed by atoms with Crippen molar-refractivity contribution < 1.29 is 4.52 Å². The normalized spacial score (nSPS) is 10.3. The maximum absolute atomic E-state index is 11.4. The van der Waals surface area contributed by atoms with Crippen LogP contribution in [0.3, 0.4) is 0 Å². The highest BCUT2D eigenvalue weighted by Crippen LogP contribution is 2.14. The van der Waals surface area contributed by atoms with Gasteiger partial charge >= 0.3 is 5.76 Å². The summed E-state index contributed by atoms with van der Waals surface area (Å²) in [5.74, 6) is -0.132. The predicted molar refractivity (Wildman–Crippen MR) is 62.1 cm³/mol. The molecule has 0 radical (unpaired) electrons.